The Morgan fingerprint density at radius 1 is 1.29 bits per heavy atom. The fourth-order valence-electron chi connectivity index (χ4n) is 3.92. The van der Waals surface area contributed by atoms with Crippen molar-refractivity contribution < 1.29 is 13.5 Å². The van der Waals surface area contributed by atoms with Crippen LogP contribution < -0.4 is 15.8 Å². The number of nitrogens with zero attached hydrogens (tertiary/aromatic N) is 5. The lowest BCUT2D eigenvalue weighted by atomic mass is 9.74. The molecular formula is C23H23F2N7OS. The topological polar surface area (TPSA) is 111 Å². The number of pyridine rings is 2. The highest BCUT2D eigenvalue weighted by Gasteiger charge is 2.50. The van der Waals surface area contributed by atoms with Gasteiger partial charge in [-0.15, -0.1) is 6.42 Å². The first-order valence-corrected chi connectivity index (χ1v) is 11.2. The van der Waals surface area contributed by atoms with E-state index in [1.165, 1.54) is 12.4 Å². The lowest BCUT2D eigenvalue weighted by Crippen LogP contribution is -2.49. The molecule has 8 nitrogen and oxygen atoms in total. The van der Waals surface area contributed by atoms with Gasteiger partial charge in [-0.2, -0.15) is 4.39 Å². The van der Waals surface area contributed by atoms with E-state index >= 15 is 0 Å². The molecule has 34 heavy (non-hydrogen) atoms. The molecule has 0 spiro atoms. The molecule has 0 radical (unpaired) electrons. The van der Waals surface area contributed by atoms with Crippen molar-refractivity contribution in [3.05, 3.63) is 42.2 Å². The van der Waals surface area contributed by atoms with Gasteiger partial charge in [0.1, 0.15) is 12.2 Å². The second-order valence-electron chi connectivity index (χ2n) is 8.28. The first-order chi connectivity index (χ1) is 16.2. The number of aromatic nitrogens is 4. The Labute approximate surface area is 199 Å². The molecule has 0 unspecified atom stereocenters. The van der Waals surface area contributed by atoms with E-state index in [0.717, 1.165) is 11.8 Å². The molecule has 0 fully saturated rings. The number of aliphatic imine (C=N–C) groups is 1. The number of fused-ring (bicyclic) bond motifs is 1. The molecule has 0 aromatic carbocycles. The molecule has 0 saturated carbocycles. The monoisotopic (exact) mass is 483 g/mol. The maximum absolute atomic E-state index is 15.0. The molecule has 1 aliphatic rings. The highest BCUT2D eigenvalue weighted by atomic mass is 32.2. The van der Waals surface area contributed by atoms with Gasteiger partial charge in [-0.05, 0) is 26.0 Å². The van der Waals surface area contributed by atoms with Crippen LogP contribution in [-0.2, 0) is 5.54 Å². The lowest BCUT2D eigenvalue weighted by molar-refractivity contribution is 0.220. The van der Waals surface area contributed by atoms with Gasteiger partial charge in [0.25, 0.3) is 0 Å². The van der Waals surface area contributed by atoms with E-state index in [1.807, 2.05) is 6.92 Å². The van der Waals surface area contributed by atoms with E-state index in [-0.39, 0.29) is 29.1 Å². The molecule has 3 N–H and O–H groups in total. The van der Waals surface area contributed by atoms with E-state index in [9.17, 15) is 8.78 Å². The molecule has 3 aromatic rings. The Kier molecular flexibility index (Phi) is 6.27. The first-order valence-electron chi connectivity index (χ1n) is 10.4. The molecular weight excluding hydrogens is 460 g/mol. The second-order valence-corrected chi connectivity index (χ2v) is 9.84. The highest BCUT2D eigenvalue weighted by Crippen LogP contribution is 2.50. The van der Waals surface area contributed by atoms with Crippen molar-refractivity contribution in [2.75, 3.05) is 18.6 Å². The fourth-order valence-corrected chi connectivity index (χ4v) is 5.09. The SMILES string of the molecule is C#CCOc1cnc2c(Nc3cnc(F)c([C@@]4(C)N=C(N)S[C@](C)(CF)[C@H]4C)c3)nccc2n1. The van der Waals surface area contributed by atoms with Gasteiger partial charge in [-0.25, -0.2) is 24.3 Å². The van der Waals surface area contributed by atoms with Gasteiger partial charge in [0.2, 0.25) is 11.8 Å². The van der Waals surface area contributed by atoms with Crippen molar-refractivity contribution in [2.24, 2.45) is 16.6 Å². The van der Waals surface area contributed by atoms with Crippen LogP contribution in [0.25, 0.3) is 11.0 Å². The molecule has 176 valence electrons. The Bertz CT molecular complexity index is 1310. The van der Waals surface area contributed by atoms with Crippen molar-refractivity contribution in [1.82, 2.24) is 19.9 Å². The van der Waals surface area contributed by atoms with Crippen LogP contribution in [0, 0.1) is 24.2 Å². The average molecular weight is 484 g/mol. The van der Waals surface area contributed by atoms with Gasteiger partial charge in [0.05, 0.1) is 33.9 Å². The van der Waals surface area contributed by atoms with Crippen LogP contribution in [0.2, 0.25) is 0 Å². The molecule has 0 aliphatic carbocycles. The highest BCUT2D eigenvalue weighted by molar-refractivity contribution is 8.15. The average Bonchev–Trinajstić information content (AvgIpc) is 2.82. The summed E-state index contributed by atoms with van der Waals surface area (Å²) in [6, 6.07) is 3.27. The van der Waals surface area contributed by atoms with Crippen molar-refractivity contribution >= 4 is 39.5 Å². The molecule has 1 aliphatic heterocycles. The van der Waals surface area contributed by atoms with Crippen molar-refractivity contribution in [3.8, 4) is 18.2 Å². The molecule has 0 saturated heterocycles. The van der Waals surface area contributed by atoms with Crippen LogP contribution in [0.4, 0.5) is 20.3 Å². The second kappa shape index (κ2) is 9.02. The van der Waals surface area contributed by atoms with Crippen LogP contribution in [-0.4, -0.2) is 43.1 Å². The number of terminal acetylenes is 1. The van der Waals surface area contributed by atoms with E-state index < -0.39 is 22.9 Å². The molecule has 0 amide bonds. The zero-order valence-electron chi connectivity index (χ0n) is 18.8. The third-order valence-electron chi connectivity index (χ3n) is 6.09. The fraction of sp³-hybridized carbons (Fsp3) is 0.348. The summed E-state index contributed by atoms with van der Waals surface area (Å²) >= 11 is 1.16. The number of thioether (sulfide) groups is 1. The molecule has 11 heteroatoms. The number of ether oxygens (including phenoxy) is 1. The minimum absolute atomic E-state index is 0.0740. The van der Waals surface area contributed by atoms with Gasteiger partial charge in [0.15, 0.2) is 17.6 Å². The number of halogens is 2. The third kappa shape index (κ3) is 4.21. The van der Waals surface area contributed by atoms with Crippen LogP contribution in [0.15, 0.2) is 35.7 Å². The van der Waals surface area contributed by atoms with E-state index in [2.05, 4.69) is 36.2 Å². The molecule has 4 heterocycles. The van der Waals surface area contributed by atoms with Gasteiger partial charge in [-0.3, -0.25) is 4.99 Å². The van der Waals surface area contributed by atoms with E-state index in [1.54, 1.807) is 32.2 Å². The summed E-state index contributed by atoms with van der Waals surface area (Å²) in [6.45, 7) is 4.77. The van der Waals surface area contributed by atoms with Gasteiger partial charge in [0, 0.05) is 17.7 Å². The Balaban J connectivity index is 1.72. The predicted octanol–water partition coefficient (Wildman–Crippen LogP) is 3.96. The van der Waals surface area contributed by atoms with E-state index in [4.69, 9.17) is 16.9 Å². The number of anilines is 2. The Morgan fingerprint density at radius 2 is 2.09 bits per heavy atom. The Morgan fingerprint density at radius 3 is 2.82 bits per heavy atom. The largest absolute Gasteiger partial charge is 0.463 e. The number of rotatable bonds is 6. The minimum Gasteiger partial charge on any atom is -0.463 e. The number of alkyl halides is 1. The van der Waals surface area contributed by atoms with Gasteiger partial charge in [-0.1, -0.05) is 24.6 Å². The van der Waals surface area contributed by atoms with Crippen LogP contribution in [0.5, 0.6) is 5.88 Å². The maximum atomic E-state index is 15.0. The first kappa shape index (κ1) is 23.6. The summed E-state index contributed by atoms with van der Waals surface area (Å²) in [5.41, 5.74) is 6.55. The zero-order chi connectivity index (χ0) is 24.5. The number of nitrogens with two attached hydrogens (primary N) is 1. The standard InChI is InChI=1S/C23H23F2N7OS/c1-5-8-33-17-11-28-18-16(31-17)6-7-27-20(18)30-14-9-15(19(25)29-10-14)23(4)13(2)22(3,12-24)34-21(26)32-23/h1,6-7,9-11,13H,8,12H2,2-4H3,(H2,26,32)(H,27,30)/t13-,22-,23+/m1/s1. The van der Waals surface area contributed by atoms with Crippen molar-refractivity contribution in [3.63, 3.8) is 0 Å². The quantitative estimate of drug-likeness (QED) is 0.400. The summed E-state index contributed by atoms with van der Waals surface area (Å²) < 4.78 is 33.4. The summed E-state index contributed by atoms with van der Waals surface area (Å²) in [6.07, 6.45) is 9.55. The number of hydrogen-bond donors (Lipinski definition) is 2. The third-order valence-corrected chi connectivity index (χ3v) is 7.32. The number of amidine groups is 1. The van der Waals surface area contributed by atoms with E-state index in [0.29, 0.717) is 22.5 Å². The summed E-state index contributed by atoms with van der Waals surface area (Å²) in [7, 11) is 0. The van der Waals surface area contributed by atoms with Crippen LogP contribution in [0.3, 0.4) is 0 Å². The summed E-state index contributed by atoms with van der Waals surface area (Å²) in [5, 5.41) is 3.32. The van der Waals surface area contributed by atoms with Gasteiger partial charge >= 0.3 is 0 Å². The van der Waals surface area contributed by atoms with Crippen molar-refractivity contribution in [1.29, 1.82) is 0 Å². The van der Waals surface area contributed by atoms with Crippen molar-refractivity contribution in [2.45, 2.75) is 31.1 Å². The van der Waals surface area contributed by atoms with Gasteiger partial charge < -0.3 is 15.8 Å². The Hall–Kier alpha value is -3.52. The smallest absolute Gasteiger partial charge is 0.233 e. The minimum atomic E-state index is -1.12. The predicted molar refractivity (Wildman–Crippen MR) is 129 cm³/mol. The van der Waals surface area contributed by atoms with Crippen LogP contribution >= 0.6 is 11.8 Å². The molecule has 0 bridgehead atoms. The number of nitrogens with one attached hydrogen (secondary N) is 1. The molecule has 3 aromatic heterocycles. The summed E-state index contributed by atoms with van der Waals surface area (Å²) in [4.78, 5) is 21.5. The maximum Gasteiger partial charge on any atom is 0.233 e. The van der Waals surface area contributed by atoms with Crippen LogP contribution in [0.1, 0.15) is 26.3 Å². The lowest BCUT2D eigenvalue weighted by Gasteiger charge is -2.46. The molecule has 3 atom stereocenters. The zero-order valence-corrected chi connectivity index (χ0v) is 19.7. The summed E-state index contributed by atoms with van der Waals surface area (Å²) in [5.74, 6) is 1.97. The number of hydrogen-bond acceptors (Lipinski definition) is 9. The molecule has 4 rings (SSSR count). The normalized spacial score (nSPS) is 24.4.